The smallest absolute Gasteiger partial charge is 0.122 e. The number of aromatic nitrogens is 2. The standard InChI is InChI=1S/C16H20ClN3O/c1-4-18-14(15-10-19-11(2)9-20-15)8-12-7-13(17)5-6-16(12)21-3/h5-7,9-10,14,18H,4,8H2,1-3H3. The molecule has 2 rings (SSSR count). The highest BCUT2D eigenvalue weighted by molar-refractivity contribution is 6.30. The number of nitrogens with zero attached hydrogens (tertiary/aromatic N) is 2. The van der Waals surface area contributed by atoms with E-state index < -0.39 is 0 Å². The van der Waals surface area contributed by atoms with E-state index in [4.69, 9.17) is 16.3 Å². The molecule has 0 amide bonds. The SMILES string of the molecule is CCNC(Cc1cc(Cl)ccc1OC)c1cnc(C)cn1. The maximum absolute atomic E-state index is 6.10. The molecule has 21 heavy (non-hydrogen) atoms. The normalized spacial score (nSPS) is 12.2. The van der Waals surface area contributed by atoms with Crippen LogP contribution in [0.5, 0.6) is 5.75 Å². The fourth-order valence-electron chi connectivity index (χ4n) is 2.24. The third-order valence-electron chi connectivity index (χ3n) is 3.27. The lowest BCUT2D eigenvalue weighted by atomic mass is 10.0. The zero-order chi connectivity index (χ0) is 15.2. The molecular formula is C16H20ClN3O. The number of methoxy groups -OCH3 is 1. The Balaban J connectivity index is 2.27. The summed E-state index contributed by atoms with van der Waals surface area (Å²) in [5, 5.41) is 4.14. The highest BCUT2D eigenvalue weighted by atomic mass is 35.5. The van der Waals surface area contributed by atoms with E-state index in [1.54, 1.807) is 13.3 Å². The van der Waals surface area contributed by atoms with Crippen molar-refractivity contribution in [2.24, 2.45) is 0 Å². The fraction of sp³-hybridized carbons (Fsp3) is 0.375. The molecule has 0 aliphatic heterocycles. The van der Waals surface area contributed by atoms with Crippen molar-refractivity contribution in [2.75, 3.05) is 13.7 Å². The van der Waals surface area contributed by atoms with Crippen LogP contribution in [-0.2, 0) is 6.42 Å². The first-order valence-electron chi connectivity index (χ1n) is 6.98. The van der Waals surface area contributed by atoms with Crippen LogP contribution in [0.15, 0.2) is 30.6 Å². The van der Waals surface area contributed by atoms with Crippen molar-refractivity contribution in [3.63, 3.8) is 0 Å². The first kappa shape index (κ1) is 15.7. The highest BCUT2D eigenvalue weighted by Gasteiger charge is 2.16. The van der Waals surface area contributed by atoms with Crippen LogP contribution in [0, 0.1) is 6.92 Å². The quantitative estimate of drug-likeness (QED) is 0.889. The van der Waals surface area contributed by atoms with Crippen molar-refractivity contribution < 1.29 is 4.74 Å². The minimum absolute atomic E-state index is 0.0791. The molecule has 0 spiro atoms. The van der Waals surface area contributed by atoms with E-state index in [9.17, 15) is 0 Å². The summed E-state index contributed by atoms with van der Waals surface area (Å²) >= 11 is 6.10. The van der Waals surface area contributed by atoms with Crippen LogP contribution in [-0.4, -0.2) is 23.6 Å². The van der Waals surface area contributed by atoms with Crippen molar-refractivity contribution in [2.45, 2.75) is 26.3 Å². The van der Waals surface area contributed by atoms with E-state index in [-0.39, 0.29) is 6.04 Å². The highest BCUT2D eigenvalue weighted by Crippen LogP contribution is 2.27. The summed E-state index contributed by atoms with van der Waals surface area (Å²) in [5.41, 5.74) is 2.89. The molecular weight excluding hydrogens is 286 g/mol. The second-order valence-electron chi connectivity index (χ2n) is 4.85. The second kappa shape index (κ2) is 7.38. The minimum atomic E-state index is 0.0791. The zero-order valence-electron chi connectivity index (χ0n) is 12.6. The molecule has 1 N–H and O–H groups in total. The average molecular weight is 306 g/mol. The number of hydrogen-bond donors (Lipinski definition) is 1. The molecule has 0 radical (unpaired) electrons. The summed E-state index contributed by atoms with van der Waals surface area (Å²) in [6.07, 6.45) is 4.35. The zero-order valence-corrected chi connectivity index (χ0v) is 13.3. The minimum Gasteiger partial charge on any atom is -0.496 e. The number of aryl methyl sites for hydroxylation is 1. The van der Waals surface area contributed by atoms with Gasteiger partial charge in [0.1, 0.15) is 5.75 Å². The predicted molar refractivity (Wildman–Crippen MR) is 84.9 cm³/mol. The number of likely N-dealkylation sites (N-methyl/N-ethyl adjacent to an activating group) is 1. The van der Waals surface area contributed by atoms with Crippen LogP contribution < -0.4 is 10.1 Å². The molecule has 112 valence electrons. The van der Waals surface area contributed by atoms with Crippen molar-refractivity contribution in [3.05, 3.63) is 52.6 Å². The predicted octanol–water partition coefficient (Wildman–Crippen LogP) is 3.34. The van der Waals surface area contributed by atoms with Crippen molar-refractivity contribution in [1.29, 1.82) is 0 Å². The molecule has 0 aliphatic carbocycles. The third-order valence-corrected chi connectivity index (χ3v) is 3.51. The summed E-state index contributed by atoms with van der Waals surface area (Å²) in [4.78, 5) is 8.80. The summed E-state index contributed by atoms with van der Waals surface area (Å²) in [7, 11) is 1.67. The molecule has 0 saturated carbocycles. The maximum Gasteiger partial charge on any atom is 0.122 e. The van der Waals surface area contributed by atoms with Gasteiger partial charge in [0.15, 0.2) is 0 Å². The Morgan fingerprint density at radius 3 is 2.71 bits per heavy atom. The molecule has 2 aromatic rings. The molecule has 5 heteroatoms. The van der Waals surface area contributed by atoms with Gasteiger partial charge in [0.05, 0.1) is 30.7 Å². The topological polar surface area (TPSA) is 47.0 Å². The van der Waals surface area contributed by atoms with Crippen LogP contribution in [0.2, 0.25) is 5.02 Å². The Bertz CT molecular complexity index is 587. The third kappa shape index (κ3) is 4.16. The van der Waals surface area contributed by atoms with E-state index in [0.29, 0.717) is 5.02 Å². The van der Waals surface area contributed by atoms with Gasteiger partial charge in [-0.05, 0) is 43.7 Å². The summed E-state index contributed by atoms with van der Waals surface area (Å²) in [5.74, 6) is 0.836. The molecule has 1 aromatic carbocycles. The van der Waals surface area contributed by atoms with Gasteiger partial charge in [-0.1, -0.05) is 18.5 Å². The fourth-order valence-corrected chi connectivity index (χ4v) is 2.43. The summed E-state index contributed by atoms with van der Waals surface area (Å²) in [6, 6.07) is 5.74. The van der Waals surface area contributed by atoms with Gasteiger partial charge in [0.2, 0.25) is 0 Å². The Kier molecular flexibility index (Phi) is 5.53. The molecule has 1 aromatic heterocycles. The monoisotopic (exact) mass is 305 g/mol. The molecule has 0 bridgehead atoms. The van der Waals surface area contributed by atoms with E-state index in [1.165, 1.54) is 0 Å². The molecule has 0 fully saturated rings. The van der Waals surface area contributed by atoms with Gasteiger partial charge in [-0.25, -0.2) is 0 Å². The number of halogens is 1. The van der Waals surface area contributed by atoms with E-state index >= 15 is 0 Å². The number of benzene rings is 1. The van der Waals surface area contributed by atoms with Crippen LogP contribution in [0.25, 0.3) is 0 Å². The molecule has 0 aliphatic rings. The molecule has 1 heterocycles. The van der Waals surface area contributed by atoms with Gasteiger partial charge in [0, 0.05) is 11.2 Å². The van der Waals surface area contributed by atoms with Gasteiger partial charge in [-0.3, -0.25) is 9.97 Å². The first-order valence-corrected chi connectivity index (χ1v) is 7.36. The summed E-state index contributed by atoms with van der Waals surface area (Å²) in [6.45, 7) is 4.85. The number of hydrogen-bond acceptors (Lipinski definition) is 4. The first-order chi connectivity index (χ1) is 10.1. The molecule has 1 atom stereocenters. The van der Waals surface area contributed by atoms with Crippen LogP contribution in [0.1, 0.15) is 29.9 Å². The van der Waals surface area contributed by atoms with Gasteiger partial charge < -0.3 is 10.1 Å². The number of ether oxygens (including phenoxy) is 1. The van der Waals surface area contributed by atoms with E-state index in [1.807, 2.05) is 31.3 Å². The van der Waals surface area contributed by atoms with Crippen LogP contribution >= 0.6 is 11.6 Å². The van der Waals surface area contributed by atoms with Crippen molar-refractivity contribution in [1.82, 2.24) is 15.3 Å². The van der Waals surface area contributed by atoms with Gasteiger partial charge in [-0.2, -0.15) is 0 Å². The van der Waals surface area contributed by atoms with Crippen LogP contribution in [0.3, 0.4) is 0 Å². The Morgan fingerprint density at radius 2 is 2.10 bits per heavy atom. The maximum atomic E-state index is 6.10. The van der Waals surface area contributed by atoms with Crippen molar-refractivity contribution in [3.8, 4) is 5.75 Å². The van der Waals surface area contributed by atoms with Gasteiger partial charge in [0.25, 0.3) is 0 Å². The lowest BCUT2D eigenvalue weighted by molar-refractivity contribution is 0.405. The Morgan fingerprint density at radius 1 is 1.29 bits per heavy atom. The van der Waals surface area contributed by atoms with Crippen LogP contribution in [0.4, 0.5) is 0 Å². The lowest BCUT2D eigenvalue weighted by Crippen LogP contribution is -2.24. The van der Waals surface area contributed by atoms with Crippen molar-refractivity contribution >= 4 is 11.6 Å². The lowest BCUT2D eigenvalue weighted by Gasteiger charge is -2.19. The Hall–Kier alpha value is -1.65. The van der Waals surface area contributed by atoms with E-state index in [2.05, 4.69) is 22.2 Å². The summed E-state index contributed by atoms with van der Waals surface area (Å²) < 4.78 is 5.41. The number of rotatable bonds is 6. The average Bonchev–Trinajstić information content (AvgIpc) is 2.48. The second-order valence-corrected chi connectivity index (χ2v) is 5.29. The number of nitrogens with one attached hydrogen (secondary N) is 1. The Labute approximate surface area is 130 Å². The molecule has 0 saturated heterocycles. The molecule has 1 unspecified atom stereocenters. The van der Waals surface area contributed by atoms with Gasteiger partial charge >= 0.3 is 0 Å². The van der Waals surface area contributed by atoms with E-state index in [0.717, 1.165) is 35.7 Å². The largest absolute Gasteiger partial charge is 0.496 e. The van der Waals surface area contributed by atoms with Gasteiger partial charge in [-0.15, -0.1) is 0 Å². The molecule has 4 nitrogen and oxygen atoms in total.